The first-order chi connectivity index (χ1) is 12.5. The summed E-state index contributed by atoms with van der Waals surface area (Å²) < 4.78 is 30.7. The maximum absolute atomic E-state index is 12.7. The minimum Gasteiger partial charge on any atom is -0.495 e. The van der Waals surface area contributed by atoms with Crippen LogP contribution in [-0.2, 0) is 9.84 Å². The highest BCUT2D eigenvalue weighted by Crippen LogP contribution is 2.42. The van der Waals surface area contributed by atoms with E-state index >= 15 is 0 Å². The predicted molar refractivity (Wildman–Crippen MR) is 97.5 cm³/mol. The molecule has 1 N–H and O–H groups in total. The topological polar surface area (TPSA) is 90.3 Å². The smallest absolute Gasteiger partial charge is 0.276 e. The SMILES string of the molecule is COc1ccccc1NC(=O)c1cc(C2CC2)n(C2CCS(=O)(=O)C2)n1. The lowest BCUT2D eigenvalue weighted by molar-refractivity contribution is 0.102. The van der Waals surface area contributed by atoms with Gasteiger partial charge in [0.15, 0.2) is 15.5 Å². The van der Waals surface area contributed by atoms with E-state index in [1.165, 1.54) is 0 Å². The van der Waals surface area contributed by atoms with E-state index in [9.17, 15) is 13.2 Å². The van der Waals surface area contributed by atoms with Crippen LogP contribution in [0.3, 0.4) is 0 Å². The van der Waals surface area contributed by atoms with Crippen LogP contribution in [0.2, 0.25) is 0 Å². The molecule has 1 unspecified atom stereocenters. The standard InChI is InChI=1S/C18H21N3O4S/c1-25-17-5-3-2-4-14(17)19-18(22)15-10-16(12-6-7-12)21(20-15)13-8-9-26(23,24)11-13/h2-5,10,12-13H,6-9,11H2,1H3,(H,19,22). The van der Waals surface area contributed by atoms with Crippen LogP contribution in [0.5, 0.6) is 5.75 Å². The lowest BCUT2D eigenvalue weighted by Crippen LogP contribution is -2.17. The van der Waals surface area contributed by atoms with Crippen molar-refractivity contribution in [2.75, 3.05) is 23.9 Å². The number of rotatable bonds is 5. The minimum absolute atomic E-state index is 0.0992. The molecule has 2 aliphatic rings. The molecule has 1 atom stereocenters. The summed E-state index contributed by atoms with van der Waals surface area (Å²) in [4.78, 5) is 12.7. The van der Waals surface area contributed by atoms with Gasteiger partial charge in [-0.3, -0.25) is 9.48 Å². The zero-order valence-electron chi connectivity index (χ0n) is 14.5. The predicted octanol–water partition coefficient (Wildman–Crippen LogP) is 2.38. The van der Waals surface area contributed by atoms with E-state index in [0.717, 1.165) is 18.5 Å². The Bertz CT molecular complexity index is 947. The number of sulfone groups is 1. The summed E-state index contributed by atoms with van der Waals surface area (Å²) in [6, 6.07) is 8.80. The summed E-state index contributed by atoms with van der Waals surface area (Å²) >= 11 is 0. The van der Waals surface area contributed by atoms with Gasteiger partial charge in [0.05, 0.1) is 30.3 Å². The molecule has 26 heavy (non-hydrogen) atoms. The van der Waals surface area contributed by atoms with Crippen molar-refractivity contribution in [2.24, 2.45) is 0 Å². The summed E-state index contributed by atoms with van der Waals surface area (Å²) in [5.41, 5.74) is 1.85. The average Bonchev–Trinajstić information content (AvgIpc) is 3.26. The van der Waals surface area contributed by atoms with E-state index in [1.54, 1.807) is 30.0 Å². The molecule has 1 aromatic carbocycles. The molecule has 1 saturated carbocycles. The van der Waals surface area contributed by atoms with Gasteiger partial charge in [-0.15, -0.1) is 0 Å². The number of anilines is 1. The molecular weight excluding hydrogens is 354 g/mol. The molecule has 8 heteroatoms. The largest absolute Gasteiger partial charge is 0.495 e. The number of carbonyl (C=O) groups is 1. The Hall–Kier alpha value is -2.35. The molecular formula is C18H21N3O4S. The summed E-state index contributed by atoms with van der Waals surface area (Å²) in [5, 5.41) is 7.30. The molecule has 7 nitrogen and oxygen atoms in total. The Balaban J connectivity index is 1.61. The van der Waals surface area contributed by atoms with Crippen molar-refractivity contribution in [1.82, 2.24) is 9.78 Å². The minimum atomic E-state index is -3.01. The number of benzene rings is 1. The second-order valence-corrected chi connectivity index (χ2v) is 9.11. The monoisotopic (exact) mass is 375 g/mol. The van der Waals surface area contributed by atoms with Gasteiger partial charge in [0.1, 0.15) is 5.75 Å². The van der Waals surface area contributed by atoms with E-state index in [-0.39, 0.29) is 23.5 Å². The normalized spacial score (nSPS) is 21.5. The lowest BCUT2D eigenvalue weighted by atomic mass is 10.2. The number of amides is 1. The molecule has 1 aromatic heterocycles. The second-order valence-electron chi connectivity index (χ2n) is 6.88. The molecule has 2 fully saturated rings. The second kappa shape index (κ2) is 6.42. The lowest BCUT2D eigenvalue weighted by Gasteiger charge is -2.12. The van der Waals surface area contributed by atoms with Crippen LogP contribution in [0.4, 0.5) is 5.69 Å². The van der Waals surface area contributed by atoms with Crippen molar-refractivity contribution in [3.63, 3.8) is 0 Å². The molecule has 1 amide bonds. The molecule has 138 valence electrons. The summed E-state index contributed by atoms with van der Waals surface area (Å²) in [6.07, 6.45) is 2.66. The van der Waals surface area contributed by atoms with Crippen LogP contribution in [0.1, 0.15) is 47.4 Å². The van der Waals surface area contributed by atoms with Gasteiger partial charge in [-0.1, -0.05) is 12.1 Å². The van der Waals surface area contributed by atoms with Gasteiger partial charge in [0.25, 0.3) is 5.91 Å². The molecule has 2 heterocycles. The zero-order chi connectivity index (χ0) is 18.3. The Kier molecular flexibility index (Phi) is 4.22. The third kappa shape index (κ3) is 3.33. The van der Waals surface area contributed by atoms with Crippen LogP contribution >= 0.6 is 0 Å². The summed E-state index contributed by atoms with van der Waals surface area (Å²) in [7, 11) is -1.47. The molecule has 2 aromatic rings. The number of nitrogens with one attached hydrogen (secondary N) is 1. The maximum atomic E-state index is 12.7. The number of aromatic nitrogens is 2. The summed E-state index contributed by atoms with van der Waals surface area (Å²) in [6.45, 7) is 0. The number of ether oxygens (including phenoxy) is 1. The summed E-state index contributed by atoms with van der Waals surface area (Å²) in [5.74, 6) is 0.908. The molecule has 0 bridgehead atoms. The van der Waals surface area contributed by atoms with Gasteiger partial charge in [-0.2, -0.15) is 5.10 Å². The first-order valence-electron chi connectivity index (χ1n) is 8.71. The molecule has 1 aliphatic carbocycles. The Labute approximate surface area is 152 Å². The maximum Gasteiger partial charge on any atom is 0.276 e. The third-order valence-corrected chi connectivity index (χ3v) is 6.65. The van der Waals surface area contributed by atoms with Gasteiger partial charge < -0.3 is 10.1 Å². The van der Waals surface area contributed by atoms with Crippen molar-refractivity contribution in [2.45, 2.75) is 31.2 Å². The Morgan fingerprint density at radius 1 is 1.27 bits per heavy atom. The fourth-order valence-corrected chi connectivity index (χ4v) is 5.09. The van der Waals surface area contributed by atoms with Crippen LogP contribution in [0.15, 0.2) is 30.3 Å². The Morgan fingerprint density at radius 3 is 2.69 bits per heavy atom. The van der Waals surface area contributed by atoms with Crippen LogP contribution in [0.25, 0.3) is 0 Å². The highest BCUT2D eigenvalue weighted by Gasteiger charge is 2.36. The number of methoxy groups -OCH3 is 1. The zero-order valence-corrected chi connectivity index (χ0v) is 15.3. The number of para-hydroxylation sites is 2. The van der Waals surface area contributed by atoms with Crippen molar-refractivity contribution >= 4 is 21.4 Å². The average molecular weight is 375 g/mol. The van der Waals surface area contributed by atoms with E-state index < -0.39 is 9.84 Å². The van der Waals surface area contributed by atoms with Gasteiger partial charge in [-0.05, 0) is 37.5 Å². The number of carbonyl (C=O) groups excluding carboxylic acids is 1. The fourth-order valence-electron chi connectivity index (χ4n) is 3.40. The van der Waals surface area contributed by atoms with E-state index in [2.05, 4.69) is 10.4 Å². The fraction of sp³-hybridized carbons (Fsp3) is 0.444. The van der Waals surface area contributed by atoms with Gasteiger partial charge in [0, 0.05) is 11.6 Å². The van der Waals surface area contributed by atoms with Crippen molar-refractivity contribution < 1.29 is 17.9 Å². The number of nitrogens with zero attached hydrogens (tertiary/aromatic N) is 2. The van der Waals surface area contributed by atoms with Crippen LogP contribution < -0.4 is 10.1 Å². The Morgan fingerprint density at radius 2 is 2.04 bits per heavy atom. The van der Waals surface area contributed by atoms with Gasteiger partial charge >= 0.3 is 0 Å². The van der Waals surface area contributed by atoms with E-state index in [4.69, 9.17) is 4.74 Å². The van der Waals surface area contributed by atoms with E-state index in [0.29, 0.717) is 29.5 Å². The first kappa shape index (κ1) is 17.1. The molecule has 1 aliphatic heterocycles. The highest BCUT2D eigenvalue weighted by molar-refractivity contribution is 7.91. The molecule has 0 spiro atoms. The van der Waals surface area contributed by atoms with Gasteiger partial charge in [-0.25, -0.2) is 8.42 Å². The van der Waals surface area contributed by atoms with Crippen molar-refractivity contribution in [3.05, 3.63) is 41.7 Å². The number of hydrogen-bond donors (Lipinski definition) is 1. The quantitative estimate of drug-likeness (QED) is 0.866. The molecule has 0 radical (unpaired) electrons. The first-order valence-corrected chi connectivity index (χ1v) is 10.5. The van der Waals surface area contributed by atoms with Crippen LogP contribution in [0, 0.1) is 0 Å². The number of hydrogen-bond acceptors (Lipinski definition) is 5. The molecule has 1 saturated heterocycles. The van der Waals surface area contributed by atoms with Crippen molar-refractivity contribution in [3.8, 4) is 5.75 Å². The molecule has 4 rings (SSSR count). The van der Waals surface area contributed by atoms with Crippen LogP contribution in [-0.4, -0.2) is 42.7 Å². The highest BCUT2D eigenvalue weighted by atomic mass is 32.2. The van der Waals surface area contributed by atoms with Gasteiger partial charge in [0.2, 0.25) is 0 Å². The van der Waals surface area contributed by atoms with Crippen molar-refractivity contribution in [1.29, 1.82) is 0 Å². The third-order valence-electron chi connectivity index (χ3n) is 4.90. The van der Waals surface area contributed by atoms with E-state index in [1.807, 2.05) is 12.1 Å².